The molecule has 3 aromatic rings. The van der Waals surface area contributed by atoms with Crippen LogP contribution in [-0.4, -0.2) is 19.2 Å². The molecular formula is C20H16ClN3O5S. The molecule has 0 aromatic heterocycles. The van der Waals surface area contributed by atoms with Gasteiger partial charge in [-0.15, -0.1) is 0 Å². The van der Waals surface area contributed by atoms with Crippen molar-refractivity contribution in [2.24, 2.45) is 0 Å². The van der Waals surface area contributed by atoms with Gasteiger partial charge in [-0.3, -0.25) is 19.6 Å². The summed E-state index contributed by atoms with van der Waals surface area (Å²) in [7, 11) is -4.03. The van der Waals surface area contributed by atoms with Crippen LogP contribution in [0.25, 0.3) is 0 Å². The molecule has 0 unspecified atom stereocenters. The van der Waals surface area contributed by atoms with E-state index in [9.17, 15) is 23.3 Å². The number of non-ortho nitro benzene ring substituents is 1. The van der Waals surface area contributed by atoms with Gasteiger partial charge in [-0.25, -0.2) is 8.42 Å². The zero-order valence-electron chi connectivity index (χ0n) is 15.6. The summed E-state index contributed by atoms with van der Waals surface area (Å²) in [6, 6.07) is 15.6. The number of hydrogen-bond acceptors (Lipinski definition) is 5. The number of rotatable bonds is 6. The Kier molecular flexibility index (Phi) is 6.04. The van der Waals surface area contributed by atoms with Crippen molar-refractivity contribution in [1.29, 1.82) is 0 Å². The molecule has 0 aliphatic carbocycles. The van der Waals surface area contributed by atoms with E-state index in [1.807, 2.05) is 6.92 Å². The average molecular weight is 446 g/mol. The summed E-state index contributed by atoms with van der Waals surface area (Å²) in [5, 5.41) is 14.1. The molecule has 1 amide bonds. The van der Waals surface area contributed by atoms with Crippen LogP contribution in [0, 0.1) is 17.0 Å². The Morgan fingerprint density at radius 3 is 2.40 bits per heavy atom. The Balaban J connectivity index is 1.75. The highest BCUT2D eigenvalue weighted by atomic mass is 35.5. The van der Waals surface area contributed by atoms with Gasteiger partial charge in [-0.1, -0.05) is 23.7 Å². The van der Waals surface area contributed by atoms with E-state index < -0.39 is 14.9 Å². The summed E-state index contributed by atoms with van der Waals surface area (Å²) in [6.07, 6.45) is 0. The van der Waals surface area contributed by atoms with E-state index >= 15 is 0 Å². The van der Waals surface area contributed by atoms with Crippen LogP contribution in [0.1, 0.15) is 15.9 Å². The van der Waals surface area contributed by atoms with Crippen molar-refractivity contribution in [3.63, 3.8) is 0 Å². The van der Waals surface area contributed by atoms with Crippen LogP contribution in [0.3, 0.4) is 0 Å². The smallest absolute Gasteiger partial charge is 0.270 e. The van der Waals surface area contributed by atoms with E-state index in [0.29, 0.717) is 16.3 Å². The number of nitrogens with one attached hydrogen (secondary N) is 2. The van der Waals surface area contributed by atoms with Crippen LogP contribution in [0.4, 0.5) is 17.1 Å². The number of hydrogen-bond donors (Lipinski definition) is 2. The summed E-state index contributed by atoms with van der Waals surface area (Å²) in [4.78, 5) is 22.4. The van der Waals surface area contributed by atoms with Crippen molar-refractivity contribution >= 4 is 44.6 Å². The molecule has 0 saturated heterocycles. The fraction of sp³-hybridized carbons (Fsp3) is 0.0500. The minimum Gasteiger partial charge on any atom is -0.322 e. The van der Waals surface area contributed by atoms with Gasteiger partial charge >= 0.3 is 0 Å². The van der Waals surface area contributed by atoms with Crippen molar-refractivity contribution in [3.05, 3.63) is 93.0 Å². The van der Waals surface area contributed by atoms with Gasteiger partial charge in [0.25, 0.3) is 21.6 Å². The van der Waals surface area contributed by atoms with Crippen LogP contribution >= 0.6 is 11.6 Å². The van der Waals surface area contributed by atoms with Crippen molar-refractivity contribution in [3.8, 4) is 0 Å². The monoisotopic (exact) mass is 445 g/mol. The largest absolute Gasteiger partial charge is 0.322 e. The van der Waals surface area contributed by atoms with Gasteiger partial charge < -0.3 is 5.32 Å². The summed E-state index contributed by atoms with van der Waals surface area (Å²) >= 11 is 5.95. The first-order valence-corrected chi connectivity index (χ1v) is 10.5. The highest BCUT2D eigenvalue weighted by molar-refractivity contribution is 7.92. The minimum absolute atomic E-state index is 0.206. The standard InChI is InChI=1S/C20H16ClN3O5S/c1-13-5-8-15(21)11-19(13)22-20(25)14-6-9-16(10-7-14)23-30(28,29)18-4-2-3-17(12-18)24(26)27/h2-12,23H,1H3,(H,22,25). The predicted octanol–water partition coefficient (Wildman–Crippen LogP) is 4.61. The highest BCUT2D eigenvalue weighted by Gasteiger charge is 2.18. The Hall–Kier alpha value is -3.43. The molecular weight excluding hydrogens is 430 g/mol. The third kappa shape index (κ3) is 4.94. The van der Waals surface area contributed by atoms with E-state index in [1.165, 1.54) is 42.5 Å². The first kappa shape index (κ1) is 21.3. The normalized spacial score (nSPS) is 11.0. The maximum atomic E-state index is 12.5. The molecule has 154 valence electrons. The zero-order valence-corrected chi connectivity index (χ0v) is 17.2. The lowest BCUT2D eigenvalue weighted by Crippen LogP contribution is -2.14. The van der Waals surface area contributed by atoms with Gasteiger partial charge in [-0.05, 0) is 55.0 Å². The summed E-state index contributed by atoms with van der Waals surface area (Å²) in [6.45, 7) is 1.83. The van der Waals surface area contributed by atoms with E-state index in [0.717, 1.165) is 11.6 Å². The molecule has 0 atom stereocenters. The Labute approximate surface area is 177 Å². The van der Waals surface area contributed by atoms with Crippen molar-refractivity contribution in [1.82, 2.24) is 0 Å². The molecule has 2 N–H and O–H groups in total. The molecule has 0 heterocycles. The third-order valence-corrected chi connectivity index (χ3v) is 5.80. The second-order valence-corrected chi connectivity index (χ2v) is 8.47. The molecule has 0 fully saturated rings. The predicted molar refractivity (Wildman–Crippen MR) is 114 cm³/mol. The van der Waals surface area contributed by atoms with Gasteiger partial charge in [-0.2, -0.15) is 0 Å². The molecule has 0 bridgehead atoms. The second kappa shape index (κ2) is 8.52. The molecule has 10 heteroatoms. The van der Waals surface area contributed by atoms with Gasteiger partial charge in [0.1, 0.15) is 0 Å². The first-order valence-electron chi connectivity index (χ1n) is 8.60. The summed E-state index contributed by atoms with van der Waals surface area (Å²) in [5.74, 6) is -0.381. The molecule has 0 spiro atoms. The van der Waals surface area contributed by atoms with Gasteiger partial charge in [0.15, 0.2) is 0 Å². The van der Waals surface area contributed by atoms with Gasteiger partial charge in [0, 0.05) is 34.1 Å². The summed E-state index contributed by atoms with van der Waals surface area (Å²) < 4.78 is 27.3. The SMILES string of the molecule is Cc1ccc(Cl)cc1NC(=O)c1ccc(NS(=O)(=O)c2cccc([N+](=O)[O-])c2)cc1. The zero-order chi connectivity index (χ0) is 21.9. The molecule has 0 aliphatic rings. The highest BCUT2D eigenvalue weighted by Crippen LogP contribution is 2.23. The summed E-state index contributed by atoms with van der Waals surface area (Å²) in [5.41, 5.74) is 1.60. The van der Waals surface area contributed by atoms with Crippen LogP contribution in [0.5, 0.6) is 0 Å². The third-order valence-electron chi connectivity index (χ3n) is 4.19. The number of anilines is 2. The Bertz CT molecular complexity index is 1230. The van der Waals surface area contributed by atoms with Crippen LogP contribution in [-0.2, 0) is 10.0 Å². The lowest BCUT2D eigenvalue weighted by molar-refractivity contribution is -0.385. The molecule has 8 nitrogen and oxygen atoms in total. The fourth-order valence-electron chi connectivity index (χ4n) is 2.59. The molecule has 3 rings (SSSR count). The lowest BCUT2D eigenvalue weighted by Gasteiger charge is -2.10. The van der Waals surface area contributed by atoms with E-state index in [4.69, 9.17) is 11.6 Å². The average Bonchev–Trinajstić information content (AvgIpc) is 2.71. The number of carbonyl (C=O) groups is 1. The fourth-order valence-corrected chi connectivity index (χ4v) is 3.86. The van der Waals surface area contributed by atoms with E-state index in [-0.39, 0.29) is 22.2 Å². The van der Waals surface area contributed by atoms with Crippen LogP contribution in [0.15, 0.2) is 71.6 Å². The quantitative estimate of drug-likeness (QED) is 0.424. The number of sulfonamides is 1. The molecule has 0 saturated carbocycles. The molecule has 0 radical (unpaired) electrons. The number of aryl methyl sites for hydroxylation is 1. The first-order chi connectivity index (χ1) is 14.2. The van der Waals surface area contributed by atoms with Crippen LogP contribution < -0.4 is 10.0 Å². The van der Waals surface area contributed by atoms with Crippen molar-refractivity contribution < 1.29 is 18.1 Å². The van der Waals surface area contributed by atoms with E-state index in [1.54, 1.807) is 18.2 Å². The molecule has 30 heavy (non-hydrogen) atoms. The van der Waals surface area contributed by atoms with Gasteiger partial charge in [0.2, 0.25) is 0 Å². The lowest BCUT2D eigenvalue weighted by atomic mass is 10.1. The molecule has 3 aromatic carbocycles. The topological polar surface area (TPSA) is 118 Å². The van der Waals surface area contributed by atoms with Crippen molar-refractivity contribution in [2.75, 3.05) is 10.0 Å². The number of carbonyl (C=O) groups excluding carboxylic acids is 1. The minimum atomic E-state index is -4.03. The number of nitrogens with zero attached hydrogens (tertiary/aromatic N) is 1. The molecule has 0 aliphatic heterocycles. The maximum absolute atomic E-state index is 12.5. The van der Waals surface area contributed by atoms with Crippen LogP contribution in [0.2, 0.25) is 5.02 Å². The maximum Gasteiger partial charge on any atom is 0.270 e. The Morgan fingerprint density at radius 2 is 1.73 bits per heavy atom. The number of nitro groups is 1. The number of amides is 1. The number of benzene rings is 3. The Morgan fingerprint density at radius 1 is 1.03 bits per heavy atom. The van der Waals surface area contributed by atoms with E-state index in [2.05, 4.69) is 10.0 Å². The number of halogens is 1. The van der Waals surface area contributed by atoms with Gasteiger partial charge in [0.05, 0.1) is 9.82 Å². The van der Waals surface area contributed by atoms with Crippen molar-refractivity contribution in [2.45, 2.75) is 11.8 Å². The second-order valence-electron chi connectivity index (χ2n) is 6.35. The number of nitro benzene ring substituents is 1.